The maximum Gasteiger partial charge on any atom is 0.191 e. The van der Waals surface area contributed by atoms with Gasteiger partial charge in [-0.2, -0.15) is 5.10 Å². The van der Waals surface area contributed by atoms with Crippen LogP contribution in [0.1, 0.15) is 23.9 Å². The summed E-state index contributed by atoms with van der Waals surface area (Å²) in [6.07, 6.45) is 3.65. The fourth-order valence-electron chi connectivity index (χ4n) is 2.13. The number of rotatable bonds is 6. The summed E-state index contributed by atoms with van der Waals surface area (Å²) in [6.45, 7) is 6.21. The van der Waals surface area contributed by atoms with Crippen LogP contribution in [0.2, 0.25) is 0 Å². The molecule has 0 aliphatic rings. The number of guanidine groups is 1. The zero-order valence-electron chi connectivity index (χ0n) is 14.5. The van der Waals surface area contributed by atoms with Crippen molar-refractivity contribution in [2.75, 3.05) is 12.8 Å². The first-order chi connectivity index (χ1) is 11.1. The SMILES string of the molecule is CCNC(=NCc1ccc(C)cc1SC)NCc1ncnn1C.I. The Bertz CT molecular complexity index is 670. The molecule has 1 aromatic heterocycles. The average Bonchev–Trinajstić information content (AvgIpc) is 2.96. The van der Waals surface area contributed by atoms with Gasteiger partial charge in [0.25, 0.3) is 0 Å². The Kier molecular flexibility index (Phi) is 9.12. The molecule has 0 radical (unpaired) electrons. The smallest absolute Gasteiger partial charge is 0.191 e. The molecule has 0 atom stereocenters. The number of nitrogens with zero attached hydrogens (tertiary/aromatic N) is 4. The Morgan fingerprint density at radius 2 is 2.12 bits per heavy atom. The molecular weight excluding hydrogens is 435 g/mol. The fourth-order valence-corrected chi connectivity index (χ4v) is 2.83. The van der Waals surface area contributed by atoms with Crippen LogP contribution in [0.25, 0.3) is 0 Å². The van der Waals surface area contributed by atoms with Crippen molar-refractivity contribution in [2.45, 2.75) is 31.8 Å². The highest BCUT2D eigenvalue weighted by molar-refractivity contribution is 14.0. The Morgan fingerprint density at radius 3 is 2.75 bits per heavy atom. The summed E-state index contributed by atoms with van der Waals surface area (Å²) < 4.78 is 1.75. The van der Waals surface area contributed by atoms with Gasteiger partial charge in [0.2, 0.25) is 0 Å². The van der Waals surface area contributed by atoms with Gasteiger partial charge in [0.1, 0.15) is 12.2 Å². The molecule has 2 rings (SSSR count). The van der Waals surface area contributed by atoms with Gasteiger partial charge in [-0.05, 0) is 37.3 Å². The molecule has 0 aliphatic heterocycles. The number of aliphatic imine (C=N–C) groups is 1. The van der Waals surface area contributed by atoms with Gasteiger partial charge in [-0.3, -0.25) is 4.68 Å². The molecule has 24 heavy (non-hydrogen) atoms. The van der Waals surface area contributed by atoms with Gasteiger partial charge in [0.05, 0.1) is 13.1 Å². The lowest BCUT2D eigenvalue weighted by atomic mass is 10.1. The van der Waals surface area contributed by atoms with E-state index in [1.165, 1.54) is 16.0 Å². The highest BCUT2D eigenvalue weighted by Gasteiger charge is 2.05. The number of nitrogens with one attached hydrogen (secondary N) is 2. The van der Waals surface area contributed by atoms with E-state index in [1.54, 1.807) is 22.8 Å². The monoisotopic (exact) mass is 460 g/mol. The number of hydrogen-bond acceptors (Lipinski definition) is 4. The molecule has 0 saturated heterocycles. The fraction of sp³-hybridized carbons (Fsp3) is 0.438. The van der Waals surface area contributed by atoms with Crippen LogP contribution in [0.5, 0.6) is 0 Å². The minimum atomic E-state index is 0. The summed E-state index contributed by atoms with van der Waals surface area (Å²) in [5.74, 6) is 1.65. The Balaban J connectivity index is 0.00000288. The highest BCUT2D eigenvalue weighted by Crippen LogP contribution is 2.22. The number of aromatic nitrogens is 3. The predicted octanol–water partition coefficient (Wildman–Crippen LogP) is 2.72. The van der Waals surface area contributed by atoms with Crippen LogP contribution in [0, 0.1) is 6.92 Å². The van der Waals surface area contributed by atoms with Crippen LogP contribution >= 0.6 is 35.7 Å². The molecule has 0 unspecified atom stereocenters. The van der Waals surface area contributed by atoms with E-state index in [2.05, 4.69) is 64.0 Å². The van der Waals surface area contributed by atoms with Crippen molar-refractivity contribution in [3.63, 3.8) is 0 Å². The third kappa shape index (κ3) is 5.97. The van der Waals surface area contributed by atoms with Crippen molar-refractivity contribution < 1.29 is 0 Å². The standard InChI is InChI=1S/C16H24N6S.HI/c1-5-17-16(19-10-15-20-11-21-22(15)3)18-9-13-7-6-12(2)8-14(13)23-4;/h6-8,11H,5,9-10H2,1-4H3,(H2,17,18,19);1H. The molecule has 0 fully saturated rings. The largest absolute Gasteiger partial charge is 0.357 e. The zero-order chi connectivity index (χ0) is 16.7. The van der Waals surface area contributed by atoms with Crippen molar-refractivity contribution in [1.82, 2.24) is 25.4 Å². The molecule has 0 amide bonds. The quantitative estimate of drug-likeness (QED) is 0.301. The van der Waals surface area contributed by atoms with Gasteiger partial charge in [-0.1, -0.05) is 12.1 Å². The van der Waals surface area contributed by atoms with Crippen molar-refractivity contribution in [1.29, 1.82) is 0 Å². The maximum absolute atomic E-state index is 4.67. The van der Waals surface area contributed by atoms with Gasteiger partial charge in [0.15, 0.2) is 5.96 Å². The Labute approximate surface area is 164 Å². The first-order valence-electron chi connectivity index (χ1n) is 7.62. The number of halogens is 1. The second kappa shape index (κ2) is 10.5. The van der Waals surface area contributed by atoms with E-state index < -0.39 is 0 Å². The third-order valence-corrected chi connectivity index (χ3v) is 4.23. The van der Waals surface area contributed by atoms with Crippen molar-refractivity contribution in [3.8, 4) is 0 Å². The molecule has 0 aliphatic carbocycles. The topological polar surface area (TPSA) is 67.1 Å². The van der Waals surface area contributed by atoms with E-state index in [-0.39, 0.29) is 24.0 Å². The summed E-state index contributed by atoms with van der Waals surface area (Å²) in [7, 11) is 1.88. The van der Waals surface area contributed by atoms with Crippen LogP contribution in [-0.2, 0) is 20.1 Å². The summed E-state index contributed by atoms with van der Waals surface area (Å²) in [5, 5.41) is 10.6. The second-order valence-electron chi connectivity index (χ2n) is 5.16. The van der Waals surface area contributed by atoms with E-state index in [1.807, 2.05) is 7.05 Å². The van der Waals surface area contributed by atoms with Gasteiger partial charge in [-0.15, -0.1) is 35.7 Å². The number of aryl methyl sites for hydroxylation is 2. The zero-order valence-corrected chi connectivity index (χ0v) is 17.7. The number of benzene rings is 1. The van der Waals surface area contributed by atoms with Crippen LogP contribution in [-0.4, -0.2) is 33.5 Å². The first-order valence-corrected chi connectivity index (χ1v) is 8.85. The molecular formula is C16H25IN6S. The van der Waals surface area contributed by atoms with Crippen LogP contribution in [0.15, 0.2) is 34.4 Å². The lowest BCUT2D eigenvalue weighted by Gasteiger charge is -2.12. The van der Waals surface area contributed by atoms with Gasteiger partial charge in [-0.25, -0.2) is 9.98 Å². The average molecular weight is 460 g/mol. The predicted molar refractivity (Wildman–Crippen MR) is 111 cm³/mol. The minimum absolute atomic E-state index is 0. The van der Waals surface area contributed by atoms with Gasteiger partial charge in [0, 0.05) is 18.5 Å². The lowest BCUT2D eigenvalue weighted by molar-refractivity contribution is 0.673. The van der Waals surface area contributed by atoms with E-state index in [4.69, 9.17) is 0 Å². The molecule has 1 aromatic carbocycles. The van der Waals surface area contributed by atoms with Crippen molar-refractivity contribution in [2.24, 2.45) is 12.0 Å². The van der Waals surface area contributed by atoms with Gasteiger partial charge < -0.3 is 10.6 Å². The molecule has 0 spiro atoms. The van der Waals surface area contributed by atoms with E-state index in [0.717, 1.165) is 18.3 Å². The molecule has 0 bridgehead atoms. The Hall–Kier alpha value is -1.29. The normalized spacial score (nSPS) is 11.1. The molecule has 0 saturated carbocycles. The molecule has 1 heterocycles. The molecule has 2 aromatic rings. The maximum atomic E-state index is 4.67. The summed E-state index contributed by atoms with van der Waals surface area (Å²) >= 11 is 1.76. The summed E-state index contributed by atoms with van der Waals surface area (Å²) in [4.78, 5) is 10.2. The van der Waals surface area contributed by atoms with Gasteiger partial charge >= 0.3 is 0 Å². The molecule has 6 nitrogen and oxygen atoms in total. The first kappa shape index (κ1) is 20.8. The molecule has 2 N–H and O–H groups in total. The summed E-state index contributed by atoms with van der Waals surface area (Å²) in [6, 6.07) is 6.48. The van der Waals surface area contributed by atoms with E-state index in [9.17, 15) is 0 Å². The van der Waals surface area contributed by atoms with Crippen LogP contribution in [0.3, 0.4) is 0 Å². The Morgan fingerprint density at radius 1 is 1.33 bits per heavy atom. The number of hydrogen-bond donors (Lipinski definition) is 2. The van der Waals surface area contributed by atoms with Crippen molar-refractivity contribution >= 4 is 41.7 Å². The lowest BCUT2D eigenvalue weighted by Crippen LogP contribution is -2.37. The highest BCUT2D eigenvalue weighted by atomic mass is 127. The molecule has 132 valence electrons. The van der Waals surface area contributed by atoms with Crippen LogP contribution in [0.4, 0.5) is 0 Å². The molecule has 8 heteroatoms. The van der Waals surface area contributed by atoms with Crippen LogP contribution < -0.4 is 10.6 Å². The van der Waals surface area contributed by atoms with E-state index >= 15 is 0 Å². The van der Waals surface area contributed by atoms with Crippen molar-refractivity contribution in [3.05, 3.63) is 41.5 Å². The minimum Gasteiger partial charge on any atom is -0.357 e. The van der Waals surface area contributed by atoms with E-state index in [0.29, 0.717) is 13.1 Å². The second-order valence-corrected chi connectivity index (χ2v) is 6.01. The third-order valence-electron chi connectivity index (χ3n) is 3.41. The summed E-state index contributed by atoms with van der Waals surface area (Å²) in [5.41, 5.74) is 2.51. The number of thioether (sulfide) groups is 1.